The van der Waals surface area contributed by atoms with Crippen LogP contribution in [0, 0.1) is 0 Å². The lowest BCUT2D eigenvalue weighted by atomic mass is 10.2. The summed E-state index contributed by atoms with van der Waals surface area (Å²) in [6.07, 6.45) is 9.14. The quantitative estimate of drug-likeness (QED) is 0.823. The van der Waals surface area contributed by atoms with Gasteiger partial charge in [0.1, 0.15) is 6.33 Å². The molecule has 1 aromatic heterocycles. The van der Waals surface area contributed by atoms with E-state index < -0.39 is 0 Å². The van der Waals surface area contributed by atoms with Gasteiger partial charge in [0.25, 0.3) is 0 Å². The molecule has 0 radical (unpaired) electrons. The van der Waals surface area contributed by atoms with Gasteiger partial charge in [0.05, 0.1) is 0 Å². The molecule has 0 amide bonds. The molecule has 88 valence electrons. The van der Waals surface area contributed by atoms with Crippen LogP contribution in [0.1, 0.15) is 24.8 Å². The van der Waals surface area contributed by atoms with E-state index in [9.17, 15) is 0 Å². The molecule has 16 heavy (non-hydrogen) atoms. The fourth-order valence-electron chi connectivity index (χ4n) is 2.30. The molecule has 0 bridgehead atoms. The second kappa shape index (κ2) is 5.37. The van der Waals surface area contributed by atoms with E-state index in [-0.39, 0.29) is 0 Å². The highest BCUT2D eigenvalue weighted by molar-refractivity contribution is 5.02. The molecular weight excluding hydrogens is 200 g/mol. The molecule has 1 saturated carbocycles. The van der Waals surface area contributed by atoms with Crippen molar-refractivity contribution in [2.45, 2.75) is 37.9 Å². The maximum Gasteiger partial charge on any atom is 0.115 e. The Labute approximate surface area is 97.1 Å². The Hall–Kier alpha value is -1.00. The van der Waals surface area contributed by atoms with E-state index in [0.717, 1.165) is 18.2 Å². The van der Waals surface area contributed by atoms with Gasteiger partial charge in [0, 0.05) is 36.6 Å². The zero-order valence-corrected chi connectivity index (χ0v) is 10.1. The van der Waals surface area contributed by atoms with E-state index in [0.29, 0.717) is 6.04 Å². The number of nitrogens with one attached hydrogen (secondary N) is 1. The van der Waals surface area contributed by atoms with Crippen molar-refractivity contribution in [2.75, 3.05) is 14.1 Å². The number of aromatic nitrogens is 2. The van der Waals surface area contributed by atoms with E-state index in [1.54, 1.807) is 6.33 Å². The monoisotopic (exact) mass is 220 g/mol. The molecule has 1 heterocycles. The minimum Gasteiger partial charge on any atom is -0.310 e. The van der Waals surface area contributed by atoms with Crippen molar-refractivity contribution in [1.29, 1.82) is 0 Å². The smallest absolute Gasteiger partial charge is 0.115 e. The second-order valence-corrected chi connectivity index (χ2v) is 4.76. The Kier molecular flexibility index (Phi) is 3.85. The van der Waals surface area contributed by atoms with E-state index >= 15 is 0 Å². The Morgan fingerprint density at radius 3 is 2.69 bits per heavy atom. The maximum absolute atomic E-state index is 4.01. The van der Waals surface area contributed by atoms with E-state index in [4.69, 9.17) is 0 Å². The highest BCUT2D eigenvalue weighted by atomic mass is 15.1. The number of hydrogen-bond donors (Lipinski definition) is 1. The minimum absolute atomic E-state index is 0.646. The van der Waals surface area contributed by atoms with Crippen molar-refractivity contribution in [3.8, 4) is 0 Å². The zero-order valence-electron chi connectivity index (χ0n) is 10.1. The van der Waals surface area contributed by atoms with Crippen molar-refractivity contribution < 1.29 is 0 Å². The van der Waals surface area contributed by atoms with Gasteiger partial charge in [-0.05, 0) is 33.4 Å². The summed E-state index contributed by atoms with van der Waals surface area (Å²) in [7, 11) is 4.33. The molecular formula is C12H20N4. The topological polar surface area (TPSA) is 41.0 Å². The molecule has 0 saturated heterocycles. The second-order valence-electron chi connectivity index (χ2n) is 4.76. The van der Waals surface area contributed by atoms with Crippen LogP contribution in [0.4, 0.5) is 0 Å². The molecule has 2 rings (SSSR count). The summed E-state index contributed by atoms with van der Waals surface area (Å²) >= 11 is 0. The number of nitrogens with zero attached hydrogens (tertiary/aromatic N) is 3. The van der Waals surface area contributed by atoms with Crippen molar-refractivity contribution >= 4 is 0 Å². The molecule has 0 aromatic carbocycles. The van der Waals surface area contributed by atoms with Gasteiger partial charge in [-0.1, -0.05) is 0 Å². The van der Waals surface area contributed by atoms with Gasteiger partial charge in [-0.25, -0.2) is 9.97 Å². The SMILES string of the molecule is CN(C)C1CCC(NCc2cncnc2)C1. The Morgan fingerprint density at radius 2 is 2.06 bits per heavy atom. The van der Waals surface area contributed by atoms with Crippen LogP contribution >= 0.6 is 0 Å². The molecule has 1 aliphatic carbocycles. The van der Waals surface area contributed by atoms with E-state index in [1.165, 1.54) is 19.3 Å². The van der Waals surface area contributed by atoms with Crippen LogP contribution in [-0.2, 0) is 6.54 Å². The largest absolute Gasteiger partial charge is 0.310 e. The third-order valence-corrected chi connectivity index (χ3v) is 3.34. The summed E-state index contributed by atoms with van der Waals surface area (Å²) in [6, 6.07) is 1.39. The van der Waals surface area contributed by atoms with Crippen LogP contribution in [0.3, 0.4) is 0 Å². The summed E-state index contributed by atoms with van der Waals surface area (Å²) in [4.78, 5) is 10.4. The first kappa shape index (κ1) is 11.5. The molecule has 0 aliphatic heterocycles. The predicted molar refractivity (Wildman–Crippen MR) is 64.0 cm³/mol. The van der Waals surface area contributed by atoms with Gasteiger partial charge in [-0.2, -0.15) is 0 Å². The summed E-state index contributed by atoms with van der Waals surface area (Å²) < 4.78 is 0. The van der Waals surface area contributed by atoms with Crippen molar-refractivity contribution in [3.63, 3.8) is 0 Å². The van der Waals surface area contributed by atoms with Gasteiger partial charge < -0.3 is 10.2 Å². The summed E-state index contributed by atoms with van der Waals surface area (Å²) in [6.45, 7) is 0.881. The Morgan fingerprint density at radius 1 is 1.31 bits per heavy atom. The van der Waals surface area contributed by atoms with Crippen LogP contribution in [0.25, 0.3) is 0 Å². The summed E-state index contributed by atoms with van der Waals surface area (Å²) in [5, 5.41) is 3.58. The lowest BCUT2D eigenvalue weighted by Crippen LogP contribution is -2.30. The Bertz CT molecular complexity index is 312. The van der Waals surface area contributed by atoms with Gasteiger partial charge in [-0.3, -0.25) is 0 Å². The number of rotatable bonds is 4. The van der Waals surface area contributed by atoms with Crippen LogP contribution < -0.4 is 5.32 Å². The van der Waals surface area contributed by atoms with Gasteiger partial charge in [0.15, 0.2) is 0 Å². The first-order valence-electron chi connectivity index (χ1n) is 5.89. The molecule has 4 heteroatoms. The molecule has 0 spiro atoms. The molecule has 1 N–H and O–H groups in total. The minimum atomic E-state index is 0.646. The fraction of sp³-hybridized carbons (Fsp3) is 0.667. The van der Waals surface area contributed by atoms with Crippen molar-refractivity contribution in [1.82, 2.24) is 20.2 Å². The van der Waals surface area contributed by atoms with Gasteiger partial charge in [-0.15, -0.1) is 0 Å². The van der Waals surface area contributed by atoms with Crippen LogP contribution in [0.15, 0.2) is 18.7 Å². The molecule has 2 unspecified atom stereocenters. The third kappa shape index (κ3) is 3.00. The normalized spacial score (nSPS) is 25.2. The summed E-state index contributed by atoms with van der Waals surface area (Å²) in [5.41, 5.74) is 1.16. The van der Waals surface area contributed by atoms with Gasteiger partial charge >= 0.3 is 0 Å². The molecule has 4 nitrogen and oxygen atoms in total. The van der Waals surface area contributed by atoms with Crippen LogP contribution in [0.2, 0.25) is 0 Å². The first-order valence-corrected chi connectivity index (χ1v) is 5.89. The molecule has 2 atom stereocenters. The average molecular weight is 220 g/mol. The summed E-state index contributed by atoms with van der Waals surface area (Å²) in [5.74, 6) is 0. The van der Waals surface area contributed by atoms with Crippen LogP contribution in [0.5, 0.6) is 0 Å². The molecule has 1 aromatic rings. The lowest BCUT2D eigenvalue weighted by Gasteiger charge is -2.19. The van der Waals surface area contributed by atoms with E-state index in [2.05, 4.69) is 34.3 Å². The predicted octanol–water partition coefficient (Wildman–Crippen LogP) is 1.05. The first-order chi connectivity index (χ1) is 7.75. The lowest BCUT2D eigenvalue weighted by molar-refractivity contribution is 0.293. The van der Waals surface area contributed by atoms with E-state index in [1.807, 2.05) is 12.4 Å². The zero-order chi connectivity index (χ0) is 11.4. The van der Waals surface area contributed by atoms with Gasteiger partial charge in [0.2, 0.25) is 0 Å². The number of hydrogen-bond acceptors (Lipinski definition) is 4. The molecule has 1 aliphatic rings. The third-order valence-electron chi connectivity index (χ3n) is 3.34. The average Bonchev–Trinajstić information content (AvgIpc) is 2.76. The van der Waals surface area contributed by atoms with Crippen molar-refractivity contribution in [2.24, 2.45) is 0 Å². The maximum atomic E-state index is 4.01. The van der Waals surface area contributed by atoms with Crippen molar-refractivity contribution in [3.05, 3.63) is 24.3 Å². The fourth-order valence-corrected chi connectivity index (χ4v) is 2.30. The highest BCUT2D eigenvalue weighted by Gasteiger charge is 2.25. The molecule has 1 fully saturated rings. The Balaban J connectivity index is 1.76. The standard InChI is InChI=1S/C12H20N4/c1-16(2)12-4-3-11(5-12)15-8-10-6-13-9-14-7-10/h6-7,9,11-12,15H,3-5,8H2,1-2H3. The van der Waals surface area contributed by atoms with Crippen LogP contribution in [-0.4, -0.2) is 41.0 Å². The highest BCUT2D eigenvalue weighted by Crippen LogP contribution is 2.22.